The van der Waals surface area contributed by atoms with E-state index in [1.165, 1.54) is 0 Å². The zero-order valence-electron chi connectivity index (χ0n) is 12.0. The number of nitrogen functional groups attached to an aromatic ring is 2. The molecule has 0 saturated carbocycles. The highest BCUT2D eigenvalue weighted by Gasteiger charge is 2.17. The van der Waals surface area contributed by atoms with Gasteiger partial charge in [-0.1, -0.05) is 26.7 Å². The Labute approximate surface area is 115 Å². The lowest BCUT2D eigenvalue weighted by atomic mass is 10.1. The fourth-order valence-electron chi connectivity index (χ4n) is 1.96. The van der Waals surface area contributed by atoms with Crippen LogP contribution in [0.3, 0.4) is 0 Å². The first-order valence-corrected chi connectivity index (χ1v) is 7.04. The first-order chi connectivity index (χ1) is 9.10. The van der Waals surface area contributed by atoms with Crippen LogP contribution in [-0.2, 0) is 0 Å². The zero-order chi connectivity index (χ0) is 14.3. The summed E-state index contributed by atoms with van der Waals surface area (Å²) in [4.78, 5) is 14.4. The molecule has 19 heavy (non-hydrogen) atoms. The maximum absolute atomic E-state index is 12.5. The molecule has 1 aromatic rings. The quantitative estimate of drug-likeness (QED) is 0.743. The Morgan fingerprint density at radius 2 is 1.68 bits per heavy atom. The molecule has 0 fully saturated rings. The zero-order valence-corrected chi connectivity index (χ0v) is 12.0. The third-order valence-corrected chi connectivity index (χ3v) is 3.16. The third kappa shape index (κ3) is 4.47. The normalized spacial score (nSPS) is 10.4. The molecule has 0 heterocycles. The molecule has 0 bridgehead atoms. The van der Waals surface area contributed by atoms with E-state index in [1.807, 2.05) is 4.90 Å². The van der Waals surface area contributed by atoms with Crippen molar-refractivity contribution in [2.45, 2.75) is 39.5 Å². The van der Waals surface area contributed by atoms with Crippen molar-refractivity contribution < 1.29 is 4.79 Å². The van der Waals surface area contributed by atoms with Crippen molar-refractivity contribution in [2.24, 2.45) is 0 Å². The molecule has 0 aliphatic rings. The highest BCUT2D eigenvalue weighted by molar-refractivity contribution is 5.99. The van der Waals surface area contributed by atoms with E-state index in [0.29, 0.717) is 16.9 Å². The first-order valence-electron chi connectivity index (χ1n) is 7.04. The molecule has 4 heteroatoms. The van der Waals surface area contributed by atoms with Crippen molar-refractivity contribution in [3.05, 3.63) is 23.8 Å². The number of amides is 1. The average molecular weight is 263 g/mol. The summed E-state index contributed by atoms with van der Waals surface area (Å²) < 4.78 is 0. The van der Waals surface area contributed by atoms with Crippen LogP contribution in [-0.4, -0.2) is 23.9 Å². The van der Waals surface area contributed by atoms with E-state index in [1.54, 1.807) is 18.2 Å². The van der Waals surface area contributed by atoms with Crippen LogP contribution in [0.5, 0.6) is 0 Å². The lowest BCUT2D eigenvalue weighted by Crippen LogP contribution is -2.33. The van der Waals surface area contributed by atoms with Crippen molar-refractivity contribution in [3.8, 4) is 0 Å². The lowest BCUT2D eigenvalue weighted by Gasteiger charge is -2.23. The molecule has 0 unspecified atom stereocenters. The van der Waals surface area contributed by atoms with E-state index < -0.39 is 0 Å². The minimum atomic E-state index is 0.0133. The number of unbranched alkanes of at least 4 members (excludes halogenated alkanes) is 2. The summed E-state index contributed by atoms with van der Waals surface area (Å²) in [5.41, 5.74) is 13.2. The van der Waals surface area contributed by atoms with Gasteiger partial charge < -0.3 is 16.4 Å². The summed E-state index contributed by atoms with van der Waals surface area (Å²) in [6.45, 7) is 5.83. The first kappa shape index (κ1) is 15.3. The van der Waals surface area contributed by atoms with Gasteiger partial charge in [0.2, 0.25) is 0 Å². The predicted molar refractivity (Wildman–Crippen MR) is 81.0 cm³/mol. The molecule has 0 radical (unpaired) electrons. The van der Waals surface area contributed by atoms with Crippen LogP contribution in [0.2, 0.25) is 0 Å². The van der Waals surface area contributed by atoms with Gasteiger partial charge >= 0.3 is 0 Å². The Bertz CT molecular complexity index is 410. The summed E-state index contributed by atoms with van der Waals surface area (Å²) in [6.07, 6.45) is 4.19. The molecule has 0 aliphatic heterocycles. The molecule has 1 amide bonds. The molecule has 0 aliphatic carbocycles. The second-order valence-electron chi connectivity index (χ2n) is 4.85. The molecule has 4 N–H and O–H groups in total. The minimum Gasteiger partial charge on any atom is -0.399 e. The van der Waals surface area contributed by atoms with Crippen molar-refractivity contribution in [2.75, 3.05) is 24.6 Å². The van der Waals surface area contributed by atoms with Crippen LogP contribution in [0.4, 0.5) is 11.4 Å². The van der Waals surface area contributed by atoms with Crippen LogP contribution >= 0.6 is 0 Å². The smallest absolute Gasteiger partial charge is 0.255 e. The van der Waals surface area contributed by atoms with E-state index in [-0.39, 0.29) is 5.91 Å². The maximum atomic E-state index is 12.5. The van der Waals surface area contributed by atoms with Gasteiger partial charge in [-0.15, -0.1) is 0 Å². The second kappa shape index (κ2) is 7.67. The SMILES string of the molecule is CCCCN(CCCC)C(=O)c1ccc(N)cc1N. The lowest BCUT2D eigenvalue weighted by molar-refractivity contribution is 0.0752. The molecule has 0 saturated heterocycles. The Kier molecular flexibility index (Phi) is 6.19. The Balaban J connectivity index is 2.84. The van der Waals surface area contributed by atoms with Crippen LogP contribution in [0, 0.1) is 0 Å². The standard InChI is InChI=1S/C15H25N3O/c1-3-5-9-18(10-6-4-2)15(19)13-8-7-12(16)11-14(13)17/h7-8,11H,3-6,9-10,16-17H2,1-2H3. The molecule has 1 aromatic carbocycles. The Morgan fingerprint density at radius 1 is 1.11 bits per heavy atom. The van der Waals surface area contributed by atoms with Crippen LogP contribution < -0.4 is 11.5 Å². The van der Waals surface area contributed by atoms with Crippen LogP contribution in [0.25, 0.3) is 0 Å². The van der Waals surface area contributed by atoms with Crippen molar-refractivity contribution in [3.63, 3.8) is 0 Å². The molecule has 0 aromatic heterocycles. The number of hydrogen-bond acceptors (Lipinski definition) is 3. The molecule has 0 spiro atoms. The van der Waals surface area contributed by atoms with Gasteiger partial charge in [-0.2, -0.15) is 0 Å². The van der Waals surface area contributed by atoms with Crippen molar-refractivity contribution in [1.82, 2.24) is 4.90 Å². The van der Waals surface area contributed by atoms with Gasteiger partial charge in [-0.05, 0) is 31.0 Å². The second-order valence-corrected chi connectivity index (χ2v) is 4.85. The summed E-state index contributed by atoms with van der Waals surface area (Å²) in [7, 11) is 0. The monoisotopic (exact) mass is 263 g/mol. The number of carbonyl (C=O) groups is 1. The number of nitrogens with two attached hydrogens (primary N) is 2. The molecule has 4 nitrogen and oxygen atoms in total. The number of anilines is 2. The van der Waals surface area contributed by atoms with Crippen LogP contribution in [0.15, 0.2) is 18.2 Å². The van der Waals surface area contributed by atoms with Gasteiger partial charge in [0.15, 0.2) is 0 Å². The number of nitrogens with zero attached hydrogens (tertiary/aromatic N) is 1. The molecule has 106 valence electrons. The maximum Gasteiger partial charge on any atom is 0.255 e. The summed E-state index contributed by atoms with van der Waals surface area (Å²) in [5, 5.41) is 0. The predicted octanol–water partition coefficient (Wildman–Crippen LogP) is 2.89. The summed E-state index contributed by atoms with van der Waals surface area (Å²) in [5.74, 6) is 0.0133. The summed E-state index contributed by atoms with van der Waals surface area (Å²) >= 11 is 0. The van der Waals surface area contributed by atoms with E-state index >= 15 is 0 Å². The van der Waals surface area contributed by atoms with Gasteiger partial charge in [0.1, 0.15) is 0 Å². The fraction of sp³-hybridized carbons (Fsp3) is 0.533. The Morgan fingerprint density at radius 3 is 2.16 bits per heavy atom. The number of benzene rings is 1. The van der Waals surface area contributed by atoms with E-state index in [0.717, 1.165) is 38.8 Å². The topological polar surface area (TPSA) is 72.3 Å². The molecule has 1 rings (SSSR count). The highest BCUT2D eigenvalue weighted by atomic mass is 16.2. The average Bonchev–Trinajstić information content (AvgIpc) is 2.38. The number of hydrogen-bond donors (Lipinski definition) is 2. The minimum absolute atomic E-state index is 0.0133. The third-order valence-electron chi connectivity index (χ3n) is 3.16. The highest BCUT2D eigenvalue weighted by Crippen LogP contribution is 2.18. The van der Waals surface area contributed by atoms with Gasteiger partial charge in [-0.3, -0.25) is 4.79 Å². The van der Waals surface area contributed by atoms with E-state index in [2.05, 4.69) is 13.8 Å². The molecular weight excluding hydrogens is 238 g/mol. The van der Waals surface area contributed by atoms with Crippen molar-refractivity contribution >= 4 is 17.3 Å². The van der Waals surface area contributed by atoms with Gasteiger partial charge in [0, 0.05) is 24.5 Å². The summed E-state index contributed by atoms with van der Waals surface area (Å²) in [6, 6.07) is 5.09. The van der Waals surface area contributed by atoms with Crippen molar-refractivity contribution in [1.29, 1.82) is 0 Å². The largest absolute Gasteiger partial charge is 0.399 e. The van der Waals surface area contributed by atoms with Gasteiger partial charge in [0.05, 0.1) is 5.56 Å². The number of rotatable bonds is 7. The van der Waals surface area contributed by atoms with Gasteiger partial charge in [-0.25, -0.2) is 0 Å². The fourth-order valence-corrected chi connectivity index (χ4v) is 1.96. The van der Waals surface area contributed by atoms with E-state index in [4.69, 9.17) is 11.5 Å². The molecule has 0 atom stereocenters. The van der Waals surface area contributed by atoms with E-state index in [9.17, 15) is 4.79 Å². The van der Waals surface area contributed by atoms with Crippen LogP contribution in [0.1, 0.15) is 49.9 Å². The molecular formula is C15H25N3O. The Hall–Kier alpha value is -1.71. The number of carbonyl (C=O) groups excluding carboxylic acids is 1. The van der Waals surface area contributed by atoms with Gasteiger partial charge in [0.25, 0.3) is 5.91 Å².